The van der Waals surface area contributed by atoms with E-state index in [2.05, 4.69) is 0 Å². The van der Waals surface area contributed by atoms with Gasteiger partial charge in [-0.05, 0) is 56.9 Å². The second-order valence-electron chi connectivity index (χ2n) is 8.77. The predicted octanol–water partition coefficient (Wildman–Crippen LogP) is 3.98. The summed E-state index contributed by atoms with van der Waals surface area (Å²) in [6, 6.07) is 11.6. The van der Waals surface area contributed by atoms with Gasteiger partial charge >= 0.3 is 0 Å². The highest BCUT2D eigenvalue weighted by Gasteiger charge is 2.36. The average molecular weight is 519 g/mol. The lowest BCUT2D eigenvalue weighted by molar-refractivity contribution is 0.0902. The number of rotatable bonds is 7. The van der Waals surface area contributed by atoms with Crippen molar-refractivity contribution in [3.63, 3.8) is 0 Å². The molecule has 0 bridgehead atoms. The molecule has 8 nitrogen and oxygen atoms in total. The van der Waals surface area contributed by atoms with Crippen LogP contribution in [0.5, 0.6) is 5.75 Å². The summed E-state index contributed by atoms with van der Waals surface area (Å²) < 4.78 is 57.2. The zero-order valence-corrected chi connectivity index (χ0v) is 21.4. The van der Waals surface area contributed by atoms with Crippen molar-refractivity contribution < 1.29 is 26.4 Å². The summed E-state index contributed by atoms with van der Waals surface area (Å²) in [5.74, 6) is -0.451. The minimum atomic E-state index is -4.76. The number of primary sulfonamides is 1. The summed E-state index contributed by atoms with van der Waals surface area (Å²) in [4.78, 5) is 12.4. The monoisotopic (exact) mass is 518 g/mol. The quantitative estimate of drug-likeness (QED) is 0.336. The van der Waals surface area contributed by atoms with E-state index in [9.17, 15) is 21.6 Å². The maximum absolute atomic E-state index is 13.7. The van der Waals surface area contributed by atoms with Crippen LogP contribution in [0.2, 0.25) is 0 Å². The van der Waals surface area contributed by atoms with Gasteiger partial charge in [0.15, 0.2) is 0 Å². The highest BCUT2D eigenvalue weighted by atomic mass is 32.2. The minimum Gasteiger partial charge on any atom is -0.491 e. The van der Waals surface area contributed by atoms with Crippen molar-refractivity contribution in [1.82, 2.24) is 4.31 Å². The lowest BCUT2D eigenvalue weighted by atomic mass is 9.87. The maximum atomic E-state index is 13.7. The van der Waals surface area contributed by atoms with Crippen LogP contribution >= 0.6 is 0 Å². The average Bonchev–Trinajstić information content (AvgIpc) is 3.07. The fraction of sp³-hybridized carbons (Fsp3) is 0.400. The largest absolute Gasteiger partial charge is 0.491 e. The number of nitrogens with zero attached hydrogens (tertiary/aromatic N) is 1. The summed E-state index contributed by atoms with van der Waals surface area (Å²) in [5, 5.41) is 5.22. The highest BCUT2D eigenvalue weighted by molar-refractivity contribution is 7.92. The Labute approximate surface area is 207 Å². The highest BCUT2D eigenvalue weighted by Crippen LogP contribution is 2.40. The van der Waals surface area contributed by atoms with E-state index < -0.39 is 35.7 Å². The number of hydrogen-bond acceptors (Lipinski definition) is 6. The molecule has 35 heavy (non-hydrogen) atoms. The van der Waals surface area contributed by atoms with Gasteiger partial charge in [0.1, 0.15) is 15.5 Å². The molecule has 1 amide bonds. The molecular weight excluding hydrogens is 488 g/mol. The fourth-order valence-corrected chi connectivity index (χ4v) is 6.93. The van der Waals surface area contributed by atoms with E-state index in [1.165, 1.54) is 18.2 Å². The lowest BCUT2D eigenvalue weighted by Gasteiger charge is -2.25. The molecule has 0 unspecified atom stereocenters. The Morgan fingerprint density at radius 2 is 1.60 bits per heavy atom. The normalized spacial score (nSPS) is 15.3. The Morgan fingerprint density at radius 1 is 1.00 bits per heavy atom. The molecule has 188 valence electrons. The first-order chi connectivity index (χ1) is 16.5. The summed E-state index contributed by atoms with van der Waals surface area (Å²) in [6.45, 7) is 3.74. The van der Waals surface area contributed by atoms with Gasteiger partial charge in [0.05, 0.1) is 6.10 Å². The maximum Gasteiger partial charge on any atom is 0.280 e. The third-order valence-electron chi connectivity index (χ3n) is 5.90. The molecule has 1 aliphatic carbocycles. The molecular formula is C25H30N2O6S2. The Balaban J connectivity index is 2.17. The lowest BCUT2D eigenvalue weighted by Crippen LogP contribution is -2.35. The van der Waals surface area contributed by atoms with Crippen LogP contribution in [0, 0.1) is 12.5 Å². The molecule has 1 saturated carbocycles. The number of sulfonamides is 2. The first-order valence-electron chi connectivity index (χ1n) is 11.5. The van der Waals surface area contributed by atoms with Crippen molar-refractivity contribution in [2.45, 2.75) is 74.2 Å². The van der Waals surface area contributed by atoms with Crippen molar-refractivity contribution in [2.75, 3.05) is 0 Å². The van der Waals surface area contributed by atoms with Gasteiger partial charge in [0, 0.05) is 17.2 Å². The smallest absolute Gasteiger partial charge is 0.280 e. The van der Waals surface area contributed by atoms with Crippen molar-refractivity contribution in [3.8, 4) is 18.2 Å². The number of nitrogens with two attached hydrogens (primary N) is 1. The third kappa shape index (κ3) is 5.86. The summed E-state index contributed by atoms with van der Waals surface area (Å²) >= 11 is 0. The first-order valence-corrected chi connectivity index (χ1v) is 14.4. The molecule has 2 N–H and O–H groups in total. The van der Waals surface area contributed by atoms with E-state index in [4.69, 9.17) is 16.3 Å². The van der Waals surface area contributed by atoms with Crippen LogP contribution < -0.4 is 9.88 Å². The SMILES string of the molecule is C#CN(C(=O)c1cccc(OC(C)C)c1C1CCCCCC1)S(=O)(=O)c1ccccc1S(N)(=O)=O. The second kappa shape index (κ2) is 10.8. The number of benzene rings is 2. The van der Waals surface area contributed by atoms with Gasteiger partial charge in [-0.2, -0.15) is 12.7 Å². The van der Waals surface area contributed by atoms with Gasteiger partial charge < -0.3 is 4.74 Å². The van der Waals surface area contributed by atoms with Crippen molar-refractivity contribution in [2.24, 2.45) is 5.14 Å². The molecule has 3 rings (SSSR count). The minimum absolute atomic E-state index is 0.00886. The Kier molecular flexibility index (Phi) is 8.26. The Hall–Kier alpha value is -2.87. The van der Waals surface area contributed by atoms with Crippen LogP contribution in [-0.2, 0) is 20.0 Å². The standard InChI is InChI=1S/C25H30N2O6S2/c1-4-27(35(31,32)23-17-10-9-16-22(23)34(26,29)30)25(28)20-14-11-15-21(33-18(2)3)24(20)19-12-7-5-6-8-13-19/h1,9-11,14-19H,5-8,12-13H2,2-3H3,(H2,26,29,30). The second-order valence-corrected chi connectivity index (χ2v) is 12.1. The molecule has 0 atom stereocenters. The van der Waals surface area contributed by atoms with Gasteiger partial charge in [0.2, 0.25) is 10.0 Å². The predicted molar refractivity (Wildman–Crippen MR) is 133 cm³/mol. The van der Waals surface area contributed by atoms with E-state index in [0.29, 0.717) is 11.3 Å². The first kappa shape index (κ1) is 26.7. The number of carbonyl (C=O) groups is 1. The van der Waals surface area contributed by atoms with Crippen LogP contribution in [0.1, 0.15) is 74.2 Å². The molecule has 0 heterocycles. The molecule has 2 aromatic rings. The van der Waals surface area contributed by atoms with E-state index in [1.807, 2.05) is 19.9 Å². The van der Waals surface area contributed by atoms with Crippen molar-refractivity contribution >= 4 is 26.0 Å². The fourth-order valence-electron chi connectivity index (χ4n) is 4.42. The molecule has 0 radical (unpaired) electrons. The van der Waals surface area contributed by atoms with Gasteiger partial charge in [-0.25, -0.2) is 13.6 Å². The number of ether oxygens (including phenoxy) is 1. The molecule has 0 aromatic heterocycles. The Bertz CT molecular complexity index is 1340. The van der Waals surface area contributed by atoms with Gasteiger partial charge in [0.25, 0.3) is 15.9 Å². The molecule has 1 fully saturated rings. The molecule has 0 saturated heterocycles. The van der Waals surface area contributed by atoms with E-state index in [0.717, 1.165) is 50.7 Å². The summed E-state index contributed by atoms with van der Waals surface area (Å²) in [6.07, 6.45) is 11.2. The van der Waals surface area contributed by atoms with Gasteiger partial charge in [-0.3, -0.25) is 4.79 Å². The zero-order valence-electron chi connectivity index (χ0n) is 19.8. The van der Waals surface area contributed by atoms with Crippen LogP contribution in [0.25, 0.3) is 0 Å². The van der Waals surface area contributed by atoms with Crippen molar-refractivity contribution in [1.29, 1.82) is 0 Å². The summed E-state index contributed by atoms with van der Waals surface area (Å²) in [5.41, 5.74) is 0.743. The van der Waals surface area contributed by atoms with Crippen LogP contribution in [-0.4, -0.2) is 33.2 Å². The van der Waals surface area contributed by atoms with E-state index in [1.54, 1.807) is 12.1 Å². The topological polar surface area (TPSA) is 124 Å². The molecule has 0 spiro atoms. The van der Waals surface area contributed by atoms with Crippen LogP contribution in [0.3, 0.4) is 0 Å². The van der Waals surface area contributed by atoms with E-state index >= 15 is 0 Å². The van der Waals surface area contributed by atoms with Gasteiger partial charge in [-0.15, -0.1) is 0 Å². The Morgan fingerprint density at radius 3 is 2.14 bits per heavy atom. The third-order valence-corrected chi connectivity index (χ3v) is 8.66. The number of terminal acetylenes is 1. The summed E-state index contributed by atoms with van der Waals surface area (Å²) in [7, 11) is -9.16. The van der Waals surface area contributed by atoms with Crippen LogP contribution in [0.4, 0.5) is 0 Å². The molecule has 0 aliphatic heterocycles. The van der Waals surface area contributed by atoms with Crippen molar-refractivity contribution in [3.05, 3.63) is 53.6 Å². The molecule has 2 aromatic carbocycles. The van der Waals surface area contributed by atoms with Crippen LogP contribution in [0.15, 0.2) is 52.3 Å². The molecule has 10 heteroatoms. The number of hydrogen-bond donors (Lipinski definition) is 1. The zero-order chi connectivity index (χ0) is 25.8. The number of amides is 1. The molecule has 1 aliphatic rings. The van der Waals surface area contributed by atoms with Gasteiger partial charge in [-0.1, -0.05) is 50.3 Å². The number of carbonyl (C=O) groups excluding carboxylic acids is 1. The van der Waals surface area contributed by atoms with E-state index in [-0.39, 0.29) is 21.9 Å².